The number of aliphatic hydroxyl groups excluding tert-OH is 1. The summed E-state index contributed by atoms with van der Waals surface area (Å²) < 4.78 is 14.7. The van der Waals surface area contributed by atoms with E-state index in [-0.39, 0.29) is 29.9 Å². The molecule has 3 heterocycles. The Balaban J connectivity index is 1.57. The molecular weight excluding hydrogens is 436 g/mol. The average Bonchev–Trinajstić information content (AvgIpc) is 3.37. The quantitative estimate of drug-likeness (QED) is 0.522. The molecule has 8 nitrogen and oxygen atoms in total. The van der Waals surface area contributed by atoms with Crippen molar-refractivity contribution in [3.63, 3.8) is 0 Å². The Hall–Kier alpha value is -2.59. The summed E-state index contributed by atoms with van der Waals surface area (Å²) in [5.74, 6) is 0.210. The zero-order chi connectivity index (χ0) is 23.8. The van der Waals surface area contributed by atoms with Gasteiger partial charge in [0.2, 0.25) is 0 Å². The zero-order valence-electron chi connectivity index (χ0n) is 19.8. The largest absolute Gasteiger partial charge is 0.411 e. The fraction of sp³-hybridized carbons (Fsp3) is 0.458. The number of carbonyl (C=O) groups excluding carboxylic acids is 1. The molecule has 1 aliphatic heterocycles. The topological polar surface area (TPSA) is 98.5 Å². The summed E-state index contributed by atoms with van der Waals surface area (Å²) in [6.07, 6.45) is 2.99. The van der Waals surface area contributed by atoms with E-state index >= 15 is 0 Å². The highest BCUT2D eigenvalue weighted by molar-refractivity contribution is 6.74. The Morgan fingerprint density at radius 3 is 2.64 bits per heavy atom. The first-order valence-electron chi connectivity index (χ1n) is 11.2. The summed E-state index contributed by atoms with van der Waals surface area (Å²) in [6.45, 7) is 10.9. The minimum Gasteiger partial charge on any atom is -0.411 e. The van der Waals surface area contributed by atoms with Gasteiger partial charge in [-0.3, -0.25) is 4.79 Å². The van der Waals surface area contributed by atoms with Crippen LogP contribution in [0.25, 0.3) is 11.0 Å². The van der Waals surface area contributed by atoms with Crippen LogP contribution >= 0.6 is 0 Å². The van der Waals surface area contributed by atoms with E-state index in [1.54, 1.807) is 12.1 Å². The predicted molar refractivity (Wildman–Crippen MR) is 130 cm³/mol. The third-order valence-corrected chi connectivity index (χ3v) is 11.2. The van der Waals surface area contributed by atoms with Gasteiger partial charge in [-0.15, -0.1) is 0 Å². The van der Waals surface area contributed by atoms with Crippen molar-refractivity contribution < 1.29 is 19.1 Å². The summed E-state index contributed by atoms with van der Waals surface area (Å²) in [5.41, 5.74) is 1.21. The Bertz CT molecular complexity index is 1130. The zero-order valence-corrected chi connectivity index (χ0v) is 20.8. The van der Waals surface area contributed by atoms with E-state index in [0.29, 0.717) is 23.4 Å². The molecule has 0 spiro atoms. The highest BCUT2D eigenvalue weighted by Crippen LogP contribution is 2.41. The molecule has 1 amide bonds. The van der Waals surface area contributed by atoms with Gasteiger partial charge >= 0.3 is 0 Å². The molecule has 3 unspecified atom stereocenters. The van der Waals surface area contributed by atoms with Gasteiger partial charge in [-0.05, 0) is 36.3 Å². The van der Waals surface area contributed by atoms with Gasteiger partial charge in [0.25, 0.3) is 5.91 Å². The van der Waals surface area contributed by atoms with Crippen LogP contribution in [-0.4, -0.2) is 52.7 Å². The summed E-state index contributed by atoms with van der Waals surface area (Å²) in [5, 5.41) is 13.6. The van der Waals surface area contributed by atoms with Gasteiger partial charge in [0, 0.05) is 18.2 Å². The number of hydrogen-bond acceptors (Lipinski definition) is 6. The van der Waals surface area contributed by atoms with Gasteiger partial charge in [-0.1, -0.05) is 39.0 Å². The van der Waals surface area contributed by atoms with Crippen molar-refractivity contribution in [1.29, 1.82) is 0 Å². The van der Waals surface area contributed by atoms with Crippen molar-refractivity contribution in [2.75, 3.05) is 11.9 Å². The van der Waals surface area contributed by atoms with Crippen molar-refractivity contribution in [2.24, 2.45) is 0 Å². The van der Waals surface area contributed by atoms with E-state index in [2.05, 4.69) is 49.1 Å². The van der Waals surface area contributed by atoms with Gasteiger partial charge in [-0.25, -0.2) is 9.97 Å². The van der Waals surface area contributed by atoms with Crippen LogP contribution < -0.4 is 5.32 Å². The smallest absolute Gasteiger partial charge is 0.256 e. The highest BCUT2D eigenvalue weighted by Gasteiger charge is 2.45. The Morgan fingerprint density at radius 1 is 1.24 bits per heavy atom. The van der Waals surface area contributed by atoms with E-state index in [1.807, 2.05) is 35.0 Å². The summed E-state index contributed by atoms with van der Waals surface area (Å²) in [4.78, 5) is 21.3. The maximum atomic E-state index is 12.6. The summed E-state index contributed by atoms with van der Waals surface area (Å²) >= 11 is 0. The number of fused-ring (bicyclic) bond motifs is 1. The van der Waals surface area contributed by atoms with Gasteiger partial charge in [-0.2, -0.15) is 0 Å². The number of anilines is 1. The minimum atomic E-state index is -2.03. The van der Waals surface area contributed by atoms with E-state index in [9.17, 15) is 9.90 Å². The lowest BCUT2D eigenvalue weighted by Crippen LogP contribution is -2.46. The molecule has 3 atom stereocenters. The van der Waals surface area contributed by atoms with E-state index in [1.165, 1.54) is 6.33 Å². The molecule has 0 bridgehead atoms. The Kier molecular flexibility index (Phi) is 6.41. The maximum absolute atomic E-state index is 12.6. The van der Waals surface area contributed by atoms with Crippen molar-refractivity contribution in [3.8, 4) is 0 Å². The number of aromatic nitrogens is 3. The predicted octanol–water partition coefficient (Wildman–Crippen LogP) is 4.35. The molecule has 33 heavy (non-hydrogen) atoms. The van der Waals surface area contributed by atoms with Gasteiger partial charge in [0.15, 0.2) is 8.32 Å². The van der Waals surface area contributed by atoms with Crippen LogP contribution in [0.15, 0.2) is 48.9 Å². The summed E-state index contributed by atoms with van der Waals surface area (Å²) in [6, 6.07) is 10.9. The first kappa shape index (κ1) is 23.6. The number of nitrogens with zero attached hydrogens (tertiary/aromatic N) is 3. The molecule has 2 aromatic heterocycles. The van der Waals surface area contributed by atoms with Crippen LogP contribution in [0.3, 0.4) is 0 Å². The molecule has 3 aromatic rings. The molecule has 1 saturated heterocycles. The van der Waals surface area contributed by atoms with Crippen LogP contribution in [0, 0.1) is 0 Å². The number of rotatable bonds is 6. The Morgan fingerprint density at radius 2 is 1.97 bits per heavy atom. The van der Waals surface area contributed by atoms with Crippen molar-refractivity contribution in [3.05, 3.63) is 54.5 Å². The third kappa shape index (κ3) is 4.72. The first-order valence-corrected chi connectivity index (χ1v) is 14.1. The normalized spacial score (nSPS) is 21.5. The van der Waals surface area contributed by atoms with Crippen molar-refractivity contribution in [1.82, 2.24) is 14.5 Å². The van der Waals surface area contributed by atoms with Crippen LogP contribution in [0.2, 0.25) is 18.1 Å². The number of hydrogen-bond donors (Lipinski definition) is 2. The molecule has 0 saturated carbocycles. The number of benzene rings is 1. The monoisotopic (exact) mass is 468 g/mol. The molecule has 176 valence electrons. The number of aliphatic hydroxyl groups is 1. The second-order valence-corrected chi connectivity index (χ2v) is 14.7. The molecule has 0 radical (unpaired) electrons. The van der Waals surface area contributed by atoms with Gasteiger partial charge in [0.1, 0.15) is 30.1 Å². The van der Waals surface area contributed by atoms with E-state index < -0.39 is 14.4 Å². The van der Waals surface area contributed by atoms with Crippen molar-refractivity contribution in [2.45, 2.75) is 63.8 Å². The molecular formula is C24H32N4O4Si. The first-order chi connectivity index (χ1) is 15.6. The fourth-order valence-electron chi connectivity index (χ4n) is 3.79. The van der Waals surface area contributed by atoms with E-state index in [4.69, 9.17) is 9.16 Å². The van der Waals surface area contributed by atoms with E-state index in [0.717, 1.165) is 5.39 Å². The van der Waals surface area contributed by atoms with Crippen molar-refractivity contribution >= 4 is 31.1 Å². The van der Waals surface area contributed by atoms with Crippen LogP contribution in [-0.2, 0) is 9.16 Å². The fourth-order valence-corrected chi connectivity index (χ4v) is 5.15. The molecule has 0 aliphatic carbocycles. The standard InChI is InChI=1S/C24H32N4O4Si/c1-24(2,3)33(4,5)32-18-13-20(31-19(18)14-29)28-12-11-17-21(25-15-26-22(17)28)27-23(30)16-9-7-6-8-10-16/h6-12,15,18-20,29H,13-14H2,1-5H3,(H,25,26,27,30). The maximum Gasteiger partial charge on any atom is 0.256 e. The number of carbonyl (C=O) groups is 1. The lowest BCUT2D eigenvalue weighted by Gasteiger charge is -2.39. The second kappa shape index (κ2) is 8.98. The highest BCUT2D eigenvalue weighted by atomic mass is 28.4. The molecule has 1 fully saturated rings. The minimum absolute atomic E-state index is 0.0598. The molecule has 1 aliphatic rings. The van der Waals surface area contributed by atoms with Crippen LogP contribution in [0.5, 0.6) is 0 Å². The lowest BCUT2D eigenvalue weighted by atomic mass is 10.2. The average molecular weight is 469 g/mol. The molecule has 4 rings (SSSR count). The van der Waals surface area contributed by atoms with Gasteiger partial charge < -0.3 is 24.2 Å². The molecule has 2 N–H and O–H groups in total. The SMILES string of the molecule is CC(C)(C)[Si](C)(C)OC1CC(n2ccc3c(NC(=O)c4ccccc4)ncnc32)OC1CO. The van der Waals surface area contributed by atoms with Gasteiger partial charge in [0.05, 0.1) is 18.1 Å². The second-order valence-electron chi connectivity index (χ2n) is 9.97. The summed E-state index contributed by atoms with van der Waals surface area (Å²) in [7, 11) is -2.03. The number of nitrogens with one attached hydrogen (secondary N) is 1. The van der Waals surface area contributed by atoms with Crippen LogP contribution in [0.4, 0.5) is 5.82 Å². The third-order valence-electron chi connectivity index (χ3n) is 6.70. The Labute approximate surface area is 195 Å². The number of amides is 1. The molecule has 9 heteroatoms. The lowest BCUT2D eigenvalue weighted by molar-refractivity contribution is -0.0408. The van der Waals surface area contributed by atoms with Crippen LogP contribution in [0.1, 0.15) is 43.8 Å². The molecule has 1 aromatic carbocycles. The number of ether oxygens (including phenoxy) is 1.